The quantitative estimate of drug-likeness (QED) is 0.591. The molecular formula is C23H25N3O3S. The highest BCUT2D eigenvalue weighted by molar-refractivity contribution is 7.13. The first kappa shape index (κ1) is 21.5. The van der Waals surface area contributed by atoms with Crippen molar-refractivity contribution in [3.05, 3.63) is 75.7 Å². The Hall–Kier alpha value is -3.19. The number of ether oxygens (including phenoxy) is 1. The molecule has 0 bridgehead atoms. The fourth-order valence-corrected chi connectivity index (χ4v) is 4.11. The number of nitrogens with zero attached hydrogens (tertiary/aromatic N) is 2. The van der Waals surface area contributed by atoms with Crippen molar-refractivity contribution in [3.8, 4) is 5.75 Å². The van der Waals surface area contributed by atoms with Crippen LogP contribution in [0.5, 0.6) is 5.75 Å². The van der Waals surface area contributed by atoms with Gasteiger partial charge in [0.1, 0.15) is 17.2 Å². The molecule has 0 aliphatic rings. The zero-order valence-corrected chi connectivity index (χ0v) is 18.2. The number of carbonyl (C=O) groups excluding carboxylic acids is 2. The fraction of sp³-hybridized carbons (Fsp3) is 0.261. The molecule has 0 saturated carbocycles. The van der Waals surface area contributed by atoms with Crippen LogP contribution < -0.4 is 10.1 Å². The van der Waals surface area contributed by atoms with Crippen LogP contribution in [0.25, 0.3) is 0 Å². The smallest absolute Gasteiger partial charge is 0.266 e. The predicted octanol–water partition coefficient (Wildman–Crippen LogP) is 4.15. The molecule has 30 heavy (non-hydrogen) atoms. The van der Waals surface area contributed by atoms with E-state index in [4.69, 9.17) is 4.74 Å². The van der Waals surface area contributed by atoms with Gasteiger partial charge in [-0.3, -0.25) is 9.59 Å². The molecule has 1 heterocycles. The third kappa shape index (κ3) is 5.45. The Kier molecular flexibility index (Phi) is 7.19. The van der Waals surface area contributed by atoms with Crippen molar-refractivity contribution in [1.82, 2.24) is 9.88 Å². The summed E-state index contributed by atoms with van der Waals surface area (Å²) in [6, 6.07) is 17.1. The van der Waals surface area contributed by atoms with Gasteiger partial charge in [-0.15, -0.1) is 11.3 Å². The predicted molar refractivity (Wildman–Crippen MR) is 119 cm³/mol. The second kappa shape index (κ2) is 10.0. The summed E-state index contributed by atoms with van der Waals surface area (Å²) in [7, 11) is 1.57. The van der Waals surface area contributed by atoms with Crippen molar-refractivity contribution in [1.29, 1.82) is 0 Å². The van der Waals surface area contributed by atoms with E-state index in [9.17, 15) is 9.59 Å². The van der Waals surface area contributed by atoms with Crippen molar-refractivity contribution in [3.63, 3.8) is 0 Å². The van der Waals surface area contributed by atoms with E-state index in [2.05, 4.69) is 10.3 Å². The minimum atomic E-state index is -0.259. The zero-order chi connectivity index (χ0) is 21.5. The first-order valence-corrected chi connectivity index (χ1v) is 10.5. The number of thiazole rings is 1. The molecule has 0 spiro atoms. The summed E-state index contributed by atoms with van der Waals surface area (Å²) in [4.78, 5) is 32.2. The Morgan fingerprint density at radius 1 is 1.13 bits per heavy atom. The molecule has 0 saturated heterocycles. The molecular weight excluding hydrogens is 398 g/mol. The summed E-state index contributed by atoms with van der Waals surface area (Å²) in [5.41, 5.74) is 2.47. The number of aryl methyl sites for hydroxylation is 1. The number of anilines is 1. The number of rotatable bonds is 8. The average molecular weight is 424 g/mol. The number of hydrogen-bond acceptors (Lipinski definition) is 5. The lowest BCUT2D eigenvalue weighted by molar-refractivity contribution is -0.116. The van der Waals surface area contributed by atoms with Gasteiger partial charge in [0, 0.05) is 24.7 Å². The third-order valence-corrected chi connectivity index (χ3v) is 5.74. The van der Waals surface area contributed by atoms with Crippen LogP contribution in [-0.2, 0) is 11.2 Å². The number of amides is 2. The number of benzene rings is 2. The topological polar surface area (TPSA) is 71.5 Å². The molecule has 0 fully saturated rings. The number of likely N-dealkylation sites (N-methyl/N-ethyl adjacent to an activating group) is 1. The Morgan fingerprint density at radius 3 is 2.60 bits per heavy atom. The average Bonchev–Trinajstić information content (AvgIpc) is 3.12. The van der Waals surface area contributed by atoms with E-state index in [0.29, 0.717) is 35.0 Å². The van der Waals surface area contributed by atoms with Crippen molar-refractivity contribution in [2.75, 3.05) is 25.5 Å². The van der Waals surface area contributed by atoms with E-state index in [-0.39, 0.29) is 18.4 Å². The molecule has 3 aromatic rings. The number of nitrogens with one attached hydrogen (secondary N) is 1. The van der Waals surface area contributed by atoms with Gasteiger partial charge in [-0.05, 0) is 31.5 Å². The minimum absolute atomic E-state index is 0.0299. The van der Waals surface area contributed by atoms with E-state index in [1.165, 1.54) is 16.2 Å². The summed E-state index contributed by atoms with van der Waals surface area (Å²) in [6.45, 7) is 4.09. The monoisotopic (exact) mass is 423 g/mol. The van der Waals surface area contributed by atoms with Crippen molar-refractivity contribution < 1.29 is 14.3 Å². The number of aromatic nitrogens is 1. The van der Waals surface area contributed by atoms with E-state index < -0.39 is 0 Å². The lowest BCUT2D eigenvalue weighted by Crippen LogP contribution is -2.37. The molecule has 156 valence electrons. The minimum Gasteiger partial charge on any atom is -0.497 e. The Labute approximate surface area is 180 Å². The summed E-state index contributed by atoms with van der Waals surface area (Å²) in [6.07, 6.45) is 0.683. The first-order chi connectivity index (χ1) is 14.5. The van der Waals surface area contributed by atoms with Crippen molar-refractivity contribution in [2.24, 2.45) is 0 Å². The maximum atomic E-state index is 13.0. The van der Waals surface area contributed by atoms with Gasteiger partial charge >= 0.3 is 0 Å². The van der Waals surface area contributed by atoms with E-state index in [1.54, 1.807) is 31.4 Å². The standard InChI is InChI=1S/C23H25N3O3S/c1-4-26(15-20(27)25-18-11-8-12-19(14-18)29-3)23(28)22-16(2)24-21(30-22)13-17-9-6-5-7-10-17/h5-12,14H,4,13,15H2,1-3H3,(H,25,27). The second-order valence-corrected chi connectivity index (χ2v) is 7.87. The van der Waals surface area contributed by atoms with Crippen molar-refractivity contribution in [2.45, 2.75) is 20.3 Å². The van der Waals surface area contributed by atoms with Crippen LogP contribution in [0.2, 0.25) is 0 Å². The van der Waals surface area contributed by atoms with Crippen LogP contribution in [0.4, 0.5) is 5.69 Å². The van der Waals surface area contributed by atoms with Gasteiger partial charge in [0.25, 0.3) is 5.91 Å². The molecule has 3 rings (SSSR count). The lowest BCUT2D eigenvalue weighted by Gasteiger charge is -2.20. The van der Waals surface area contributed by atoms with Gasteiger partial charge < -0.3 is 15.0 Å². The van der Waals surface area contributed by atoms with Crippen LogP contribution in [-0.4, -0.2) is 41.9 Å². The Morgan fingerprint density at radius 2 is 1.90 bits per heavy atom. The molecule has 1 N–H and O–H groups in total. The summed E-state index contributed by atoms with van der Waals surface area (Å²) < 4.78 is 5.17. The second-order valence-electron chi connectivity index (χ2n) is 6.78. The van der Waals surface area contributed by atoms with Crippen LogP contribution >= 0.6 is 11.3 Å². The number of carbonyl (C=O) groups is 2. The summed E-state index contributed by atoms with van der Waals surface area (Å²) in [5, 5.41) is 3.70. The lowest BCUT2D eigenvalue weighted by atomic mass is 10.2. The number of hydrogen-bond donors (Lipinski definition) is 1. The molecule has 6 nitrogen and oxygen atoms in total. The van der Waals surface area contributed by atoms with E-state index in [0.717, 1.165) is 10.6 Å². The summed E-state index contributed by atoms with van der Waals surface area (Å²) >= 11 is 1.39. The van der Waals surface area contributed by atoms with E-state index in [1.807, 2.05) is 44.2 Å². The molecule has 2 aromatic carbocycles. The van der Waals surface area contributed by atoms with Crippen LogP contribution in [0.15, 0.2) is 54.6 Å². The largest absolute Gasteiger partial charge is 0.497 e. The molecule has 0 aliphatic heterocycles. The zero-order valence-electron chi connectivity index (χ0n) is 17.3. The van der Waals surface area contributed by atoms with Gasteiger partial charge in [0.2, 0.25) is 5.91 Å². The van der Waals surface area contributed by atoms with Crippen molar-refractivity contribution >= 4 is 28.8 Å². The Bertz CT molecular complexity index is 1020. The van der Waals surface area contributed by atoms with Crippen LogP contribution in [0.1, 0.15) is 32.9 Å². The van der Waals surface area contributed by atoms with Gasteiger partial charge in [0.15, 0.2) is 0 Å². The highest BCUT2D eigenvalue weighted by atomic mass is 32.1. The molecule has 2 amide bonds. The highest BCUT2D eigenvalue weighted by Crippen LogP contribution is 2.23. The van der Waals surface area contributed by atoms with Gasteiger partial charge in [-0.1, -0.05) is 36.4 Å². The molecule has 0 radical (unpaired) electrons. The van der Waals surface area contributed by atoms with Crippen LogP contribution in [0, 0.1) is 6.92 Å². The number of methoxy groups -OCH3 is 1. The molecule has 1 aromatic heterocycles. The van der Waals surface area contributed by atoms with Gasteiger partial charge in [-0.2, -0.15) is 0 Å². The molecule has 0 aliphatic carbocycles. The fourth-order valence-electron chi connectivity index (χ4n) is 3.04. The third-order valence-electron chi connectivity index (χ3n) is 4.59. The SMILES string of the molecule is CCN(CC(=O)Nc1cccc(OC)c1)C(=O)c1sc(Cc2ccccc2)nc1C. The summed E-state index contributed by atoms with van der Waals surface area (Å²) in [5.74, 6) is 0.222. The molecule has 0 atom stereocenters. The van der Waals surface area contributed by atoms with E-state index >= 15 is 0 Å². The highest BCUT2D eigenvalue weighted by Gasteiger charge is 2.22. The van der Waals surface area contributed by atoms with Gasteiger partial charge in [0.05, 0.1) is 17.8 Å². The maximum Gasteiger partial charge on any atom is 0.266 e. The Balaban J connectivity index is 1.67. The molecule has 0 unspecified atom stereocenters. The van der Waals surface area contributed by atoms with Crippen LogP contribution in [0.3, 0.4) is 0 Å². The normalized spacial score (nSPS) is 10.5. The first-order valence-electron chi connectivity index (χ1n) is 9.73. The maximum absolute atomic E-state index is 13.0. The van der Waals surface area contributed by atoms with Gasteiger partial charge in [-0.25, -0.2) is 4.98 Å². The molecule has 7 heteroatoms.